The lowest BCUT2D eigenvalue weighted by Crippen LogP contribution is -2.30. The first-order valence-corrected chi connectivity index (χ1v) is 5.54. The van der Waals surface area contributed by atoms with Crippen molar-refractivity contribution in [3.63, 3.8) is 0 Å². The molecule has 0 saturated heterocycles. The fourth-order valence-electron chi connectivity index (χ4n) is 1.24. The summed E-state index contributed by atoms with van der Waals surface area (Å²) < 4.78 is 25.7. The minimum atomic E-state index is -1.61. The zero-order valence-electron chi connectivity index (χ0n) is 9.49. The van der Waals surface area contributed by atoms with Crippen molar-refractivity contribution in [3.8, 4) is 0 Å². The van der Waals surface area contributed by atoms with Crippen LogP contribution in [0.4, 0.5) is 8.78 Å². The molecule has 1 aromatic rings. The molecule has 0 aliphatic carbocycles. The summed E-state index contributed by atoms with van der Waals surface area (Å²) in [6, 6.07) is 1.30. The predicted molar refractivity (Wildman–Crippen MR) is 62.0 cm³/mol. The van der Waals surface area contributed by atoms with Crippen molar-refractivity contribution in [2.24, 2.45) is 0 Å². The lowest BCUT2D eigenvalue weighted by molar-refractivity contribution is -0.146. The van der Waals surface area contributed by atoms with E-state index in [0.29, 0.717) is 12.1 Å². The van der Waals surface area contributed by atoms with E-state index >= 15 is 0 Å². The van der Waals surface area contributed by atoms with Gasteiger partial charge in [-0.05, 0) is 12.1 Å². The van der Waals surface area contributed by atoms with Crippen molar-refractivity contribution in [2.45, 2.75) is 12.5 Å². The third-order valence-electron chi connectivity index (χ3n) is 2.24. The quantitative estimate of drug-likeness (QED) is 0.712. The summed E-state index contributed by atoms with van der Waals surface area (Å²) >= 11 is 5.58. The van der Waals surface area contributed by atoms with Gasteiger partial charge in [0, 0.05) is 13.0 Å². The highest BCUT2D eigenvalue weighted by Gasteiger charge is 2.16. The van der Waals surface area contributed by atoms with Gasteiger partial charge in [0.05, 0.1) is 10.6 Å². The average molecular weight is 294 g/mol. The van der Waals surface area contributed by atoms with Crippen LogP contribution >= 0.6 is 11.6 Å². The summed E-state index contributed by atoms with van der Waals surface area (Å²) in [4.78, 5) is 21.9. The highest BCUT2D eigenvalue weighted by atomic mass is 35.5. The molecule has 3 N–H and O–H groups in total. The Kier molecular flexibility index (Phi) is 5.20. The van der Waals surface area contributed by atoms with E-state index < -0.39 is 29.6 Å². The number of benzene rings is 1. The molecule has 104 valence electrons. The molecule has 5 nitrogen and oxygen atoms in total. The first-order chi connectivity index (χ1) is 8.82. The molecule has 1 rings (SSSR count). The molecule has 0 saturated carbocycles. The van der Waals surface area contributed by atoms with Crippen LogP contribution in [0.15, 0.2) is 12.1 Å². The van der Waals surface area contributed by atoms with Crippen LogP contribution in [0.2, 0.25) is 5.02 Å². The van der Waals surface area contributed by atoms with Gasteiger partial charge in [0.15, 0.2) is 17.7 Å². The Hall–Kier alpha value is -1.73. The number of carbonyl (C=O) groups excluding carboxylic acids is 1. The molecular weight excluding hydrogens is 284 g/mol. The number of hydrogen-bond donors (Lipinski definition) is 3. The molecular formula is C11H10ClF2NO4. The van der Waals surface area contributed by atoms with Gasteiger partial charge in [-0.15, -0.1) is 0 Å². The van der Waals surface area contributed by atoms with E-state index in [9.17, 15) is 18.4 Å². The Morgan fingerprint density at radius 1 is 1.32 bits per heavy atom. The molecule has 0 aliphatic rings. The van der Waals surface area contributed by atoms with Gasteiger partial charge in [0.1, 0.15) is 0 Å². The molecule has 0 radical (unpaired) electrons. The summed E-state index contributed by atoms with van der Waals surface area (Å²) in [5.74, 6) is -4.61. The van der Waals surface area contributed by atoms with Crippen LogP contribution in [0.25, 0.3) is 0 Å². The number of amides is 1. The Labute approximate surface area is 111 Å². The van der Waals surface area contributed by atoms with Crippen LogP contribution in [0.3, 0.4) is 0 Å². The first-order valence-electron chi connectivity index (χ1n) is 5.16. The highest BCUT2D eigenvalue weighted by molar-refractivity contribution is 6.33. The average Bonchev–Trinajstić information content (AvgIpc) is 2.33. The molecule has 0 spiro atoms. The van der Waals surface area contributed by atoms with Crippen LogP contribution in [-0.4, -0.2) is 34.7 Å². The molecule has 1 aromatic carbocycles. The number of nitrogens with one attached hydrogen (secondary N) is 1. The topological polar surface area (TPSA) is 86.6 Å². The fourth-order valence-corrected chi connectivity index (χ4v) is 1.47. The van der Waals surface area contributed by atoms with Gasteiger partial charge in [0.2, 0.25) is 0 Å². The van der Waals surface area contributed by atoms with E-state index in [2.05, 4.69) is 5.32 Å². The van der Waals surface area contributed by atoms with E-state index in [-0.39, 0.29) is 23.6 Å². The number of aliphatic hydroxyl groups excluding tert-OH is 1. The molecule has 0 heterocycles. The lowest BCUT2D eigenvalue weighted by Gasteiger charge is -2.08. The van der Waals surface area contributed by atoms with Gasteiger partial charge in [0.25, 0.3) is 5.91 Å². The minimum absolute atomic E-state index is 0.151. The van der Waals surface area contributed by atoms with Gasteiger partial charge < -0.3 is 15.5 Å². The Morgan fingerprint density at radius 2 is 1.89 bits per heavy atom. The number of aliphatic carboxylic acids is 1. The van der Waals surface area contributed by atoms with Crippen molar-refractivity contribution in [1.82, 2.24) is 5.32 Å². The minimum Gasteiger partial charge on any atom is -0.479 e. The second-order valence-corrected chi connectivity index (χ2v) is 4.05. The third kappa shape index (κ3) is 4.15. The van der Waals surface area contributed by atoms with Crippen molar-refractivity contribution in [2.75, 3.05) is 6.54 Å². The molecule has 0 aromatic heterocycles. The van der Waals surface area contributed by atoms with Crippen molar-refractivity contribution in [3.05, 3.63) is 34.4 Å². The van der Waals surface area contributed by atoms with Crippen molar-refractivity contribution >= 4 is 23.5 Å². The molecule has 1 atom stereocenters. The monoisotopic (exact) mass is 293 g/mol. The number of aliphatic hydroxyl groups is 1. The van der Waals surface area contributed by atoms with Crippen LogP contribution < -0.4 is 5.32 Å². The van der Waals surface area contributed by atoms with E-state index in [1.807, 2.05) is 0 Å². The number of carbonyl (C=O) groups is 2. The maximum Gasteiger partial charge on any atom is 0.332 e. The number of hydrogen-bond acceptors (Lipinski definition) is 3. The molecule has 0 aliphatic heterocycles. The van der Waals surface area contributed by atoms with Gasteiger partial charge in [-0.2, -0.15) is 0 Å². The summed E-state index contributed by atoms with van der Waals surface area (Å²) in [6.07, 6.45) is -1.83. The highest BCUT2D eigenvalue weighted by Crippen LogP contribution is 2.19. The summed E-state index contributed by atoms with van der Waals surface area (Å²) in [6.45, 7) is -0.151. The zero-order valence-corrected chi connectivity index (χ0v) is 10.2. The SMILES string of the molecule is O=C(NCC[C@H](O)C(=O)O)c1cc(F)c(F)cc1Cl. The second kappa shape index (κ2) is 6.44. The normalized spacial score (nSPS) is 12.0. The maximum atomic E-state index is 12.9. The number of carboxylic acids is 1. The molecule has 8 heteroatoms. The van der Waals surface area contributed by atoms with Crippen LogP contribution in [-0.2, 0) is 4.79 Å². The largest absolute Gasteiger partial charge is 0.479 e. The Balaban J connectivity index is 2.64. The zero-order chi connectivity index (χ0) is 14.6. The predicted octanol–water partition coefficient (Wildman–Crippen LogP) is 1.18. The molecule has 0 bridgehead atoms. The van der Waals surface area contributed by atoms with E-state index in [0.717, 1.165) is 0 Å². The van der Waals surface area contributed by atoms with E-state index in [4.69, 9.17) is 21.8 Å². The van der Waals surface area contributed by atoms with Gasteiger partial charge in [-0.3, -0.25) is 4.79 Å². The molecule has 0 fully saturated rings. The Bertz CT molecular complexity index is 510. The van der Waals surface area contributed by atoms with E-state index in [1.54, 1.807) is 0 Å². The van der Waals surface area contributed by atoms with Crippen LogP contribution in [0.1, 0.15) is 16.8 Å². The van der Waals surface area contributed by atoms with Gasteiger partial charge in [-0.1, -0.05) is 11.6 Å². The lowest BCUT2D eigenvalue weighted by atomic mass is 10.2. The maximum absolute atomic E-state index is 12.9. The second-order valence-electron chi connectivity index (χ2n) is 3.64. The van der Waals surface area contributed by atoms with Crippen LogP contribution in [0.5, 0.6) is 0 Å². The smallest absolute Gasteiger partial charge is 0.332 e. The van der Waals surface area contributed by atoms with Gasteiger partial charge >= 0.3 is 5.97 Å². The van der Waals surface area contributed by atoms with Crippen molar-refractivity contribution in [1.29, 1.82) is 0 Å². The number of carboxylic acid groups (broad SMARTS) is 1. The number of halogens is 3. The van der Waals surface area contributed by atoms with Gasteiger partial charge in [-0.25, -0.2) is 13.6 Å². The summed E-state index contributed by atoms with van der Waals surface area (Å²) in [5, 5.41) is 19.3. The third-order valence-corrected chi connectivity index (χ3v) is 2.56. The first kappa shape index (κ1) is 15.3. The molecule has 19 heavy (non-hydrogen) atoms. The number of rotatable bonds is 5. The summed E-state index contributed by atoms with van der Waals surface area (Å²) in [5.41, 5.74) is -0.273. The summed E-state index contributed by atoms with van der Waals surface area (Å²) in [7, 11) is 0. The fraction of sp³-hybridized carbons (Fsp3) is 0.273. The van der Waals surface area contributed by atoms with Crippen LogP contribution in [0, 0.1) is 11.6 Å². The molecule has 1 amide bonds. The van der Waals surface area contributed by atoms with Crippen molar-refractivity contribution < 1.29 is 28.6 Å². The standard InChI is InChI=1S/C11H10ClF2NO4/c12-6-4-8(14)7(13)3-5(6)10(17)15-2-1-9(16)11(18)19/h3-4,9,16H,1-2H2,(H,15,17)(H,18,19)/t9-/m0/s1. The molecule has 0 unspecified atom stereocenters. The van der Waals surface area contributed by atoms with E-state index in [1.165, 1.54) is 0 Å². The Morgan fingerprint density at radius 3 is 2.47 bits per heavy atom.